The van der Waals surface area contributed by atoms with E-state index in [1.807, 2.05) is 0 Å². The van der Waals surface area contributed by atoms with Gasteiger partial charge >= 0.3 is 18.0 Å². The Bertz CT molecular complexity index is 885. The van der Waals surface area contributed by atoms with E-state index in [4.69, 9.17) is 38.3 Å². The first-order valence-electron chi connectivity index (χ1n) is 16.2. The molecule has 4 N–H and O–H groups in total. The molecule has 0 aliphatic heterocycles. The summed E-state index contributed by atoms with van der Waals surface area (Å²) in [6, 6.07) is -0.786. The number of esters is 1. The number of amides is 3. The van der Waals surface area contributed by atoms with Crippen molar-refractivity contribution in [1.82, 2.24) is 16.0 Å². The normalized spacial score (nSPS) is 11.8. The molecule has 0 aliphatic carbocycles. The fraction of sp³-hybridized carbons (Fsp3) is 0.839. The van der Waals surface area contributed by atoms with Crippen LogP contribution in [0, 0.1) is 0 Å². The maximum absolute atomic E-state index is 12.9. The Morgan fingerprint density at radius 3 is 1.65 bits per heavy atom. The van der Waals surface area contributed by atoms with E-state index in [0.29, 0.717) is 65.4 Å². The van der Waals surface area contributed by atoms with Gasteiger partial charge in [-0.3, -0.25) is 19.2 Å². The molecule has 1 atom stereocenters. The fourth-order valence-electron chi connectivity index (χ4n) is 3.55. The number of alkyl carbamates (subject to hydrolysis) is 1. The lowest BCUT2D eigenvalue weighted by Gasteiger charge is -2.20. The molecule has 0 saturated carbocycles. The lowest BCUT2D eigenvalue weighted by atomic mass is 10.1. The molecule has 280 valence electrons. The second-order valence-corrected chi connectivity index (χ2v) is 11.2. The minimum Gasteiger partial charge on any atom is -0.481 e. The van der Waals surface area contributed by atoms with Gasteiger partial charge in [-0.05, 0) is 40.0 Å². The molecule has 0 aromatic carbocycles. The van der Waals surface area contributed by atoms with Gasteiger partial charge in [0, 0.05) is 19.5 Å². The number of carbonyl (C=O) groups is 5. The van der Waals surface area contributed by atoms with Gasteiger partial charge in [0.15, 0.2) is 0 Å². The van der Waals surface area contributed by atoms with E-state index in [9.17, 15) is 24.0 Å². The number of methoxy groups -OCH3 is 1. The predicted octanol–water partition coefficient (Wildman–Crippen LogP) is 0.810. The zero-order chi connectivity index (χ0) is 35.9. The summed E-state index contributed by atoms with van der Waals surface area (Å²) < 4.78 is 41.7. The van der Waals surface area contributed by atoms with E-state index in [0.717, 1.165) is 0 Å². The minimum atomic E-state index is -0.921. The van der Waals surface area contributed by atoms with Gasteiger partial charge in [-0.1, -0.05) is 0 Å². The first-order chi connectivity index (χ1) is 22.9. The topological polar surface area (TPSA) is 216 Å². The van der Waals surface area contributed by atoms with Crippen molar-refractivity contribution in [1.29, 1.82) is 0 Å². The van der Waals surface area contributed by atoms with Crippen LogP contribution in [0.4, 0.5) is 4.79 Å². The summed E-state index contributed by atoms with van der Waals surface area (Å²) in [6.45, 7) is 9.11. The molecule has 1 unspecified atom stereocenters. The third kappa shape index (κ3) is 31.5. The van der Waals surface area contributed by atoms with E-state index in [2.05, 4.69) is 20.7 Å². The standard InChI is InChI=1S/C31H57N3O14/c1-31(2,3)48-30(40)33-11-6-5-7-25(29(39)32-12-16-45-20-24-47-22-18-43-14-9-27(36)37)34-26(35)8-13-42-17-21-46-23-19-44-15-10-28(38)41-4/h25H,5-24H2,1-4H3,(H,32,39)(H,33,40)(H,34,35)(H,36,37). The molecule has 0 aliphatic rings. The Balaban J connectivity index is 4.33. The van der Waals surface area contributed by atoms with Crippen LogP contribution in [0.1, 0.15) is 59.3 Å². The summed E-state index contributed by atoms with van der Waals surface area (Å²) in [7, 11) is 1.32. The predicted molar refractivity (Wildman–Crippen MR) is 171 cm³/mol. The summed E-state index contributed by atoms with van der Waals surface area (Å²) in [5.74, 6) is -1.96. The molecule has 0 aromatic heterocycles. The van der Waals surface area contributed by atoms with Crippen molar-refractivity contribution in [3.63, 3.8) is 0 Å². The molecule has 0 aromatic rings. The Hall–Kier alpha value is -3.09. The number of hydrogen-bond acceptors (Lipinski definition) is 13. The van der Waals surface area contributed by atoms with Gasteiger partial charge in [0.05, 0.1) is 99.2 Å². The molecule has 0 radical (unpaired) electrons. The average Bonchev–Trinajstić information content (AvgIpc) is 3.02. The van der Waals surface area contributed by atoms with Crippen LogP contribution in [0.5, 0.6) is 0 Å². The van der Waals surface area contributed by atoms with Gasteiger partial charge < -0.3 is 59.0 Å². The molecule has 3 amide bonds. The van der Waals surface area contributed by atoms with Crippen LogP contribution in [0.15, 0.2) is 0 Å². The fourth-order valence-corrected chi connectivity index (χ4v) is 3.55. The zero-order valence-corrected chi connectivity index (χ0v) is 29.0. The van der Waals surface area contributed by atoms with Crippen LogP contribution >= 0.6 is 0 Å². The van der Waals surface area contributed by atoms with Gasteiger partial charge in [-0.25, -0.2) is 4.79 Å². The average molecular weight is 696 g/mol. The highest BCUT2D eigenvalue weighted by molar-refractivity contribution is 5.87. The summed E-state index contributed by atoms with van der Waals surface area (Å²) in [4.78, 5) is 58.7. The number of carboxylic acids is 1. The number of rotatable bonds is 31. The molecular weight excluding hydrogens is 638 g/mol. The molecule has 17 heteroatoms. The van der Waals surface area contributed by atoms with Gasteiger partial charge in [0.25, 0.3) is 0 Å². The van der Waals surface area contributed by atoms with Crippen molar-refractivity contribution in [3.8, 4) is 0 Å². The second kappa shape index (κ2) is 30.0. The number of carbonyl (C=O) groups excluding carboxylic acids is 4. The molecule has 0 fully saturated rings. The summed E-state index contributed by atoms with van der Waals surface area (Å²) >= 11 is 0. The largest absolute Gasteiger partial charge is 0.481 e. The third-order valence-corrected chi connectivity index (χ3v) is 5.89. The monoisotopic (exact) mass is 695 g/mol. The number of unbranched alkanes of at least 4 members (excludes halogenated alkanes) is 1. The Labute approximate surface area is 283 Å². The minimum absolute atomic E-state index is 0.0499. The smallest absolute Gasteiger partial charge is 0.407 e. The highest BCUT2D eigenvalue weighted by Crippen LogP contribution is 2.07. The van der Waals surface area contributed by atoms with E-state index in [1.54, 1.807) is 20.8 Å². The molecule has 0 rings (SSSR count). The molecule has 0 bridgehead atoms. The lowest BCUT2D eigenvalue weighted by molar-refractivity contribution is -0.142. The SMILES string of the molecule is COC(=O)CCOCCOCCOCCC(=O)NC(CCCCNC(=O)OC(C)(C)C)C(=O)NCCOCCOCCOCCC(=O)O. The highest BCUT2D eigenvalue weighted by Gasteiger charge is 2.20. The maximum Gasteiger partial charge on any atom is 0.407 e. The van der Waals surface area contributed by atoms with Gasteiger partial charge in [0.1, 0.15) is 11.6 Å². The number of aliphatic carboxylic acids is 1. The van der Waals surface area contributed by atoms with Crippen LogP contribution in [-0.4, -0.2) is 146 Å². The number of nitrogens with one attached hydrogen (secondary N) is 3. The lowest BCUT2D eigenvalue weighted by Crippen LogP contribution is -2.47. The van der Waals surface area contributed by atoms with Crippen molar-refractivity contribution in [3.05, 3.63) is 0 Å². The number of carboxylic acid groups (broad SMARTS) is 1. The van der Waals surface area contributed by atoms with Crippen LogP contribution in [0.3, 0.4) is 0 Å². The molecule has 0 saturated heterocycles. The van der Waals surface area contributed by atoms with Crippen molar-refractivity contribution >= 4 is 29.8 Å². The maximum atomic E-state index is 12.9. The van der Waals surface area contributed by atoms with Crippen LogP contribution in [0.2, 0.25) is 0 Å². The summed E-state index contributed by atoms with van der Waals surface area (Å²) in [5, 5.41) is 16.8. The van der Waals surface area contributed by atoms with Crippen molar-refractivity contribution in [2.24, 2.45) is 0 Å². The first-order valence-corrected chi connectivity index (χ1v) is 16.2. The number of hydrogen-bond donors (Lipinski definition) is 4. The van der Waals surface area contributed by atoms with Crippen LogP contribution < -0.4 is 16.0 Å². The molecule has 0 heterocycles. The Kier molecular flexibility index (Phi) is 28.1. The van der Waals surface area contributed by atoms with Crippen LogP contribution in [-0.2, 0) is 57.1 Å². The third-order valence-electron chi connectivity index (χ3n) is 5.89. The molecule has 0 spiro atoms. The van der Waals surface area contributed by atoms with E-state index < -0.39 is 23.7 Å². The molecular formula is C31H57N3O14. The zero-order valence-electron chi connectivity index (χ0n) is 29.0. The highest BCUT2D eigenvalue weighted by atomic mass is 16.6. The van der Waals surface area contributed by atoms with Crippen LogP contribution in [0.25, 0.3) is 0 Å². The molecule has 17 nitrogen and oxygen atoms in total. The Morgan fingerprint density at radius 2 is 1.12 bits per heavy atom. The second-order valence-electron chi connectivity index (χ2n) is 11.2. The van der Waals surface area contributed by atoms with Gasteiger partial charge in [-0.2, -0.15) is 0 Å². The first kappa shape index (κ1) is 44.9. The van der Waals surface area contributed by atoms with Crippen molar-refractivity contribution in [2.45, 2.75) is 70.9 Å². The van der Waals surface area contributed by atoms with E-state index in [-0.39, 0.29) is 83.2 Å². The van der Waals surface area contributed by atoms with Crippen molar-refractivity contribution in [2.75, 3.05) is 99.5 Å². The summed E-state index contributed by atoms with van der Waals surface area (Å²) in [5.41, 5.74) is -0.604. The van der Waals surface area contributed by atoms with Crippen molar-refractivity contribution < 1.29 is 67.0 Å². The number of ether oxygens (including phenoxy) is 8. The quantitative estimate of drug-likeness (QED) is 0.0584. The molecule has 48 heavy (non-hydrogen) atoms. The van der Waals surface area contributed by atoms with E-state index in [1.165, 1.54) is 7.11 Å². The van der Waals surface area contributed by atoms with Gasteiger partial charge in [-0.15, -0.1) is 0 Å². The summed E-state index contributed by atoms with van der Waals surface area (Å²) in [6.07, 6.45) is 1.14. The Morgan fingerprint density at radius 1 is 0.625 bits per heavy atom. The van der Waals surface area contributed by atoms with E-state index >= 15 is 0 Å². The van der Waals surface area contributed by atoms with Gasteiger partial charge in [0.2, 0.25) is 11.8 Å².